The lowest BCUT2D eigenvalue weighted by Gasteiger charge is -2.13. The predicted octanol–water partition coefficient (Wildman–Crippen LogP) is 3.12. The number of rotatable bonds is 5. The van der Waals surface area contributed by atoms with E-state index in [1.807, 2.05) is 6.07 Å². The van der Waals surface area contributed by atoms with Gasteiger partial charge in [-0.2, -0.15) is 5.26 Å². The molecule has 0 aliphatic rings. The van der Waals surface area contributed by atoms with Gasteiger partial charge in [0.2, 0.25) is 0 Å². The number of nitrogens with one attached hydrogen (secondary N) is 1. The lowest BCUT2D eigenvalue weighted by molar-refractivity contribution is -0.152. The number of fused-ring (bicyclic) bond motifs is 1. The number of hydrogen-bond acceptors (Lipinski definition) is 6. The summed E-state index contributed by atoms with van der Waals surface area (Å²) in [7, 11) is 0. The van der Waals surface area contributed by atoms with Crippen molar-refractivity contribution in [3.05, 3.63) is 59.9 Å². The highest BCUT2D eigenvalue weighted by Gasteiger charge is 2.19. The summed E-state index contributed by atoms with van der Waals surface area (Å²) in [6.07, 6.45) is 0.370. The average Bonchev–Trinajstić information content (AvgIpc) is 3.03. The van der Waals surface area contributed by atoms with E-state index in [0.717, 1.165) is 0 Å². The molecule has 1 amide bonds. The smallest absolute Gasteiger partial charge is 0.311 e. The normalized spacial score (nSPS) is 11.6. The number of ether oxygens (including phenoxy) is 1. The van der Waals surface area contributed by atoms with Gasteiger partial charge in [-0.05, 0) is 43.3 Å². The van der Waals surface area contributed by atoms with Crippen LogP contribution in [-0.4, -0.2) is 23.1 Å². The van der Waals surface area contributed by atoms with Crippen molar-refractivity contribution in [2.75, 3.05) is 5.32 Å². The minimum absolute atomic E-state index is 0.0632. The number of anilines is 1. The fourth-order valence-corrected chi connectivity index (χ4v) is 2.53. The van der Waals surface area contributed by atoms with Crippen LogP contribution < -0.4 is 5.32 Å². The number of esters is 1. The van der Waals surface area contributed by atoms with Crippen LogP contribution in [0.25, 0.3) is 11.0 Å². The number of aromatic hydroxyl groups is 1. The molecule has 3 aromatic rings. The van der Waals surface area contributed by atoms with Crippen LogP contribution >= 0.6 is 0 Å². The fraction of sp³-hybridized carbons (Fsp3) is 0.150. The molecule has 2 aromatic carbocycles. The third-order valence-corrected chi connectivity index (χ3v) is 3.93. The molecular formula is C20H16N2O5. The molecule has 0 aliphatic heterocycles. The van der Waals surface area contributed by atoms with Gasteiger partial charge < -0.3 is 19.6 Å². The topological polar surface area (TPSA) is 113 Å². The minimum atomic E-state index is -0.990. The van der Waals surface area contributed by atoms with Crippen molar-refractivity contribution < 1.29 is 23.8 Å². The van der Waals surface area contributed by atoms with E-state index >= 15 is 0 Å². The summed E-state index contributed by atoms with van der Waals surface area (Å²) in [6, 6.07) is 12.9. The largest absolute Gasteiger partial charge is 0.508 e. The molecule has 0 bridgehead atoms. The molecule has 7 heteroatoms. The van der Waals surface area contributed by atoms with Crippen LogP contribution in [0.15, 0.2) is 53.1 Å². The summed E-state index contributed by atoms with van der Waals surface area (Å²) in [6.45, 7) is 1.47. The second kappa shape index (κ2) is 7.62. The van der Waals surface area contributed by atoms with E-state index in [4.69, 9.17) is 14.4 Å². The lowest BCUT2D eigenvalue weighted by Crippen LogP contribution is -2.30. The van der Waals surface area contributed by atoms with Crippen LogP contribution in [-0.2, 0) is 20.7 Å². The number of phenols is 1. The van der Waals surface area contributed by atoms with E-state index < -0.39 is 18.0 Å². The Morgan fingerprint density at radius 3 is 2.70 bits per heavy atom. The van der Waals surface area contributed by atoms with E-state index in [1.165, 1.54) is 25.3 Å². The number of carbonyl (C=O) groups is 2. The van der Waals surface area contributed by atoms with Gasteiger partial charge in [0.25, 0.3) is 5.91 Å². The quantitative estimate of drug-likeness (QED) is 0.673. The number of carbonyl (C=O) groups excluding carboxylic acids is 2. The third kappa shape index (κ3) is 4.25. The first-order chi connectivity index (χ1) is 13.0. The number of phenolic OH excluding ortho intramolecular Hbond substituents is 1. The maximum atomic E-state index is 12.2. The Morgan fingerprint density at radius 1 is 1.26 bits per heavy atom. The zero-order valence-electron chi connectivity index (χ0n) is 14.4. The monoisotopic (exact) mass is 364 g/mol. The van der Waals surface area contributed by atoms with Crippen LogP contribution in [0, 0.1) is 11.3 Å². The lowest BCUT2D eigenvalue weighted by atomic mass is 10.1. The van der Waals surface area contributed by atoms with E-state index in [2.05, 4.69) is 5.32 Å². The molecule has 0 unspecified atom stereocenters. The van der Waals surface area contributed by atoms with Crippen LogP contribution in [0.5, 0.6) is 5.75 Å². The van der Waals surface area contributed by atoms with Crippen molar-refractivity contribution in [2.45, 2.75) is 19.4 Å². The second-order valence-electron chi connectivity index (χ2n) is 5.93. The molecular weight excluding hydrogens is 348 g/mol. The van der Waals surface area contributed by atoms with Gasteiger partial charge in [-0.25, -0.2) is 0 Å². The first-order valence-electron chi connectivity index (χ1n) is 8.16. The summed E-state index contributed by atoms with van der Waals surface area (Å²) in [5.74, 6) is -0.984. The number of amides is 1. The van der Waals surface area contributed by atoms with Crippen LogP contribution in [0.2, 0.25) is 0 Å². The molecule has 0 spiro atoms. The molecule has 0 aliphatic carbocycles. The van der Waals surface area contributed by atoms with Crippen molar-refractivity contribution >= 4 is 28.5 Å². The number of furan rings is 1. The summed E-state index contributed by atoms with van der Waals surface area (Å²) in [5, 5.41) is 21.5. The summed E-state index contributed by atoms with van der Waals surface area (Å²) >= 11 is 0. The van der Waals surface area contributed by atoms with Gasteiger partial charge in [0.15, 0.2) is 6.10 Å². The van der Waals surface area contributed by atoms with E-state index in [0.29, 0.717) is 27.8 Å². The molecule has 3 rings (SSSR count). The average molecular weight is 364 g/mol. The Morgan fingerprint density at radius 2 is 2.00 bits per heavy atom. The summed E-state index contributed by atoms with van der Waals surface area (Å²) < 4.78 is 10.5. The molecule has 0 saturated heterocycles. The predicted molar refractivity (Wildman–Crippen MR) is 96.9 cm³/mol. The molecule has 1 heterocycles. The Bertz CT molecular complexity index is 1030. The Kier molecular flexibility index (Phi) is 5.08. The minimum Gasteiger partial charge on any atom is -0.508 e. The standard InChI is InChI=1S/C20H16N2O5/c1-12(20(25)22-15-4-2-13(10-21)3-5-15)27-19(24)8-14-11-26-18-9-16(23)6-7-17(14)18/h2-7,9,11-12,23H,8H2,1H3,(H,22,25)/t12-/m1/s1. The maximum Gasteiger partial charge on any atom is 0.311 e. The zero-order chi connectivity index (χ0) is 19.4. The Labute approximate surface area is 154 Å². The highest BCUT2D eigenvalue weighted by molar-refractivity contribution is 5.95. The molecule has 1 atom stereocenters. The highest BCUT2D eigenvalue weighted by atomic mass is 16.5. The molecule has 0 radical (unpaired) electrons. The first-order valence-corrected chi connectivity index (χ1v) is 8.16. The molecule has 27 heavy (non-hydrogen) atoms. The Hall–Kier alpha value is -3.79. The van der Waals surface area contributed by atoms with Crippen molar-refractivity contribution in [3.63, 3.8) is 0 Å². The van der Waals surface area contributed by atoms with Crippen molar-refractivity contribution in [3.8, 4) is 11.8 Å². The highest BCUT2D eigenvalue weighted by Crippen LogP contribution is 2.25. The molecule has 136 valence electrons. The molecule has 1 aromatic heterocycles. The van der Waals surface area contributed by atoms with Gasteiger partial charge in [0.1, 0.15) is 11.3 Å². The molecule has 2 N–H and O–H groups in total. The second-order valence-corrected chi connectivity index (χ2v) is 5.93. The summed E-state index contributed by atoms with van der Waals surface area (Å²) in [5.41, 5.74) is 2.05. The van der Waals surface area contributed by atoms with Gasteiger partial charge in [-0.1, -0.05) is 0 Å². The molecule has 0 fully saturated rings. The number of nitriles is 1. The number of benzene rings is 2. The van der Waals surface area contributed by atoms with Gasteiger partial charge in [0, 0.05) is 22.7 Å². The van der Waals surface area contributed by atoms with E-state index in [9.17, 15) is 14.7 Å². The van der Waals surface area contributed by atoms with Crippen LogP contribution in [0.4, 0.5) is 5.69 Å². The number of nitrogens with zero attached hydrogens (tertiary/aromatic N) is 1. The van der Waals surface area contributed by atoms with Crippen molar-refractivity contribution in [1.29, 1.82) is 5.26 Å². The third-order valence-electron chi connectivity index (χ3n) is 3.93. The molecule has 0 saturated carbocycles. The summed E-state index contributed by atoms with van der Waals surface area (Å²) in [4.78, 5) is 24.3. The van der Waals surface area contributed by atoms with Crippen molar-refractivity contribution in [2.24, 2.45) is 0 Å². The Balaban J connectivity index is 1.59. The molecule has 7 nitrogen and oxygen atoms in total. The van der Waals surface area contributed by atoms with E-state index in [1.54, 1.807) is 30.3 Å². The van der Waals surface area contributed by atoms with Gasteiger partial charge in [-0.15, -0.1) is 0 Å². The zero-order valence-corrected chi connectivity index (χ0v) is 14.4. The van der Waals surface area contributed by atoms with Gasteiger partial charge >= 0.3 is 5.97 Å². The van der Waals surface area contributed by atoms with E-state index in [-0.39, 0.29) is 12.2 Å². The number of hydrogen-bond donors (Lipinski definition) is 2. The maximum absolute atomic E-state index is 12.2. The van der Waals surface area contributed by atoms with Gasteiger partial charge in [-0.3, -0.25) is 9.59 Å². The van der Waals surface area contributed by atoms with Gasteiger partial charge in [0.05, 0.1) is 24.3 Å². The SMILES string of the molecule is C[C@@H](OC(=O)Cc1coc2cc(O)ccc12)C(=O)Nc1ccc(C#N)cc1. The fourth-order valence-electron chi connectivity index (χ4n) is 2.53. The van der Waals surface area contributed by atoms with Crippen molar-refractivity contribution in [1.82, 2.24) is 0 Å². The van der Waals surface area contributed by atoms with Crippen LogP contribution in [0.1, 0.15) is 18.1 Å². The first kappa shape index (κ1) is 18.0. The van der Waals surface area contributed by atoms with Crippen LogP contribution in [0.3, 0.4) is 0 Å².